The smallest absolute Gasteiger partial charge is 0.323 e. The molecule has 0 aliphatic carbocycles. The number of aromatic nitrogens is 2. The van der Waals surface area contributed by atoms with Crippen LogP contribution in [0.15, 0.2) is 42.7 Å². The normalized spacial score (nSPS) is 10.2. The zero-order chi connectivity index (χ0) is 14.5. The van der Waals surface area contributed by atoms with Crippen LogP contribution in [0.1, 0.15) is 0 Å². The number of carboxylic acids is 1. The van der Waals surface area contributed by atoms with Crippen LogP contribution in [0.3, 0.4) is 0 Å². The van der Waals surface area contributed by atoms with E-state index < -0.39 is 18.4 Å². The molecule has 0 saturated heterocycles. The number of amides is 1. The average molecular weight is 275 g/mol. The molecule has 1 aromatic heterocycles. The van der Waals surface area contributed by atoms with Crippen molar-refractivity contribution in [2.24, 2.45) is 0 Å². The van der Waals surface area contributed by atoms with Crippen LogP contribution in [-0.2, 0) is 16.1 Å². The molecular formula is C13H13N3O4. The fourth-order valence-corrected chi connectivity index (χ4v) is 1.71. The minimum Gasteiger partial charge on any atom is -0.508 e. The lowest BCUT2D eigenvalue weighted by Gasteiger charge is -2.20. The number of phenolic OH excluding ortho intramolecular Hbond substituents is 1. The summed E-state index contributed by atoms with van der Waals surface area (Å²) < 4.78 is 1.41. The standard InChI is InChI=1S/C13H13N3O4/c17-11-4-2-10(3-5-11)16(9-13(19)20)12(18)8-15-7-1-6-14-15/h1-7,17H,8-9H2,(H,19,20). The molecule has 2 rings (SSSR count). The van der Waals surface area contributed by atoms with Gasteiger partial charge in [0.15, 0.2) is 0 Å². The van der Waals surface area contributed by atoms with Crippen LogP contribution in [0.25, 0.3) is 0 Å². The summed E-state index contributed by atoms with van der Waals surface area (Å²) in [6.45, 7) is -0.508. The van der Waals surface area contributed by atoms with Gasteiger partial charge in [-0.05, 0) is 30.3 Å². The maximum Gasteiger partial charge on any atom is 0.323 e. The Morgan fingerprint density at radius 1 is 1.25 bits per heavy atom. The van der Waals surface area contributed by atoms with Crippen molar-refractivity contribution in [1.29, 1.82) is 0 Å². The molecule has 1 aromatic carbocycles. The molecule has 2 aromatic rings. The number of carbonyl (C=O) groups excluding carboxylic acids is 1. The fourth-order valence-electron chi connectivity index (χ4n) is 1.71. The van der Waals surface area contributed by atoms with Gasteiger partial charge in [-0.15, -0.1) is 0 Å². The number of rotatable bonds is 5. The quantitative estimate of drug-likeness (QED) is 0.837. The van der Waals surface area contributed by atoms with Gasteiger partial charge in [-0.1, -0.05) is 0 Å². The van der Waals surface area contributed by atoms with Crippen molar-refractivity contribution in [3.05, 3.63) is 42.7 Å². The van der Waals surface area contributed by atoms with Crippen molar-refractivity contribution in [1.82, 2.24) is 9.78 Å². The van der Waals surface area contributed by atoms with E-state index in [1.165, 1.54) is 35.1 Å². The minimum absolute atomic E-state index is 0.0450. The van der Waals surface area contributed by atoms with Crippen molar-refractivity contribution in [3.8, 4) is 5.75 Å². The molecule has 7 heteroatoms. The first kappa shape index (κ1) is 13.6. The Balaban J connectivity index is 2.20. The highest BCUT2D eigenvalue weighted by Gasteiger charge is 2.19. The van der Waals surface area contributed by atoms with Gasteiger partial charge in [-0.25, -0.2) is 0 Å². The second-order valence-corrected chi connectivity index (χ2v) is 4.09. The molecule has 1 amide bonds. The summed E-state index contributed by atoms with van der Waals surface area (Å²) in [5.41, 5.74) is 0.405. The van der Waals surface area contributed by atoms with E-state index in [0.717, 1.165) is 4.90 Å². The third-order valence-electron chi connectivity index (χ3n) is 2.61. The van der Waals surface area contributed by atoms with Gasteiger partial charge >= 0.3 is 5.97 Å². The van der Waals surface area contributed by atoms with Crippen molar-refractivity contribution in [2.45, 2.75) is 6.54 Å². The Bertz CT molecular complexity index is 593. The molecule has 0 saturated carbocycles. The van der Waals surface area contributed by atoms with Crippen LogP contribution in [0.2, 0.25) is 0 Å². The number of carboxylic acid groups (broad SMARTS) is 1. The van der Waals surface area contributed by atoms with E-state index in [1.807, 2.05) is 0 Å². The molecule has 0 spiro atoms. The molecule has 104 valence electrons. The van der Waals surface area contributed by atoms with E-state index in [1.54, 1.807) is 12.3 Å². The number of benzene rings is 1. The lowest BCUT2D eigenvalue weighted by Crippen LogP contribution is -2.38. The number of hydrogen-bond acceptors (Lipinski definition) is 4. The van der Waals surface area contributed by atoms with E-state index in [0.29, 0.717) is 5.69 Å². The highest BCUT2D eigenvalue weighted by atomic mass is 16.4. The Labute approximate surface area is 114 Å². The number of aliphatic carboxylic acids is 1. The lowest BCUT2D eigenvalue weighted by atomic mass is 10.2. The molecule has 2 N–H and O–H groups in total. The summed E-state index contributed by atoms with van der Waals surface area (Å²) in [6, 6.07) is 7.44. The van der Waals surface area contributed by atoms with Gasteiger partial charge in [0.1, 0.15) is 18.8 Å². The second-order valence-electron chi connectivity index (χ2n) is 4.09. The van der Waals surface area contributed by atoms with Crippen LogP contribution in [0, 0.1) is 0 Å². The first-order valence-corrected chi connectivity index (χ1v) is 5.85. The monoisotopic (exact) mass is 275 g/mol. The zero-order valence-corrected chi connectivity index (χ0v) is 10.5. The highest BCUT2D eigenvalue weighted by molar-refractivity contribution is 5.97. The Morgan fingerprint density at radius 3 is 2.50 bits per heavy atom. The van der Waals surface area contributed by atoms with Gasteiger partial charge < -0.3 is 10.2 Å². The predicted octanol–water partition coefficient (Wildman–Crippen LogP) is 0.706. The molecule has 0 aliphatic rings. The molecule has 0 radical (unpaired) electrons. The molecule has 0 unspecified atom stereocenters. The number of carbonyl (C=O) groups is 2. The maximum atomic E-state index is 12.2. The third kappa shape index (κ3) is 3.35. The summed E-state index contributed by atoms with van der Waals surface area (Å²) in [4.78, 5) is 24.2. The van der Waals surface area contributed by atoms with E-state index >= 15 is 0 Å². The lowest BCUT2D eigenvalue weighted by molar-refractivity contribution is -0.136. The Hall–Kier alpha value is -2.83. The zero-order valence-electron chi connectivity index (χ0n) is 10.5. The van der Waals surface area contributed by atoms with Crippen molar-refractivity contribution in [2.75, 3.05) is 11.4 Å². The Kier molecular flexibility index (Phi) is 3.99. The third-order valence-corrected chi connectivity index (χ3v) is 2.61. The summed E-state index contributed by atoms with van der Waals surface area (Å²) in [7, 11) is 0. The predicted molar refractivity (Wildman–Crippen MR) is 70.3 cm³/mol. The van der Waals surface area contributed by atoms with E-state index in [4.69, 9.17) is 5.11 Å². The first-order chi connectivity index (χ1) is 9.56. The van der Waals surface area contributed by atoms with Crippen LogP contribution < -0.4 is 4.90 Å². The van der Waals surface area contributed by atoms with Crippen molar-refractivity contribution in [3.63, 3.8) is 0 Å². The molecule has 7 nitrogen and oxygen atoms in total. The molecule has 20 heavy (non-hydrogen) atoms. The van der Waals surface area contributed by atoms with E-state index in [2.05, 4.69) is 5.10 Å². The topological polar surface area (TPSA) is 95.7 Å². The van der Waals surface area contributed by atoms with Crippen LogP contribution in [-0.4, -0.2) is 38.4 Å². The number of anilines is 1. The number of aromatic hydroxyl groups is 1. The van der Waals surface area contributed by atoms with Crippen LogP contribution in [0.5, 0.6) is 5.75 Å². The van der Waals surface area contributed by atoms with Crippen LogP contribution in [0.4, 0.5) is 5.69 Å². The molecule has 1 heterocycles. The van der Waals surface area contributed by atoms with Crippen molar-refractivity contribution < 1.29 is 19.8 Å². The fraction of sp³-hybridized carbons (Fsp3) is 0.154. The summed E-state index contributed by atoms with van der Waals surface area (Å²) in [5.74, 6) is -1.47. The summed E-state index contributed by atoms with van der Waals surface area (Å²) >= 11 is 0. The molecular weight excluding hydrogens is 262 g/mol. The van der Waals surface area contributed by atoms with Gasteiger partial charge in [0.05, 0.1) is 0 Å². The van der Waals surface area contributed by atoms with Gasteiger partial charge in [-0.2, -0.15) is 5.10 Å². The van der Waals surface area contributed by atoms with Gasteiger partial charge in [-0.3, -0.25) is 19.2 Å². The van der Waals surface area contributed by atoms with Gasteiger partial charge in [0.25, 0.3) is 0 Å². The van der Waals surface area contributed by atoms with E-state index in [-0.39, 0.29) is 12.3 Å². The Morgan fingerprint density at radius 2 is 1.95 bits per heavy atom. The maximum absolute atomic E-state index is 12.2. The largest absolute Gasteiger partial charge is 0.508 e. The van der Waals surface area contributed by atoms with Crippen molar-refractivity contribution >= 4 is 17.6 Å². The molecule has 0 fully saturated rings. The SMILES string of the molecule is O=C(O)CN(C(=O)Cn1cccn1)c1ccc(O)cc1. The summed E-state index contributed by atoms with van der Waals surface area (Å²) in [5, 5.41) is 22.0. The van der Waals surface area contributed by atoms with Gasteiger partial charge in [0.2, 0.25) is 5.91 Å². The molecule has 0 aliphatic heterocycles. The van der Waals surface area contributed by atoms with Gasteiger partial charge in [0, 0.05) is 18.1 Å². The first-order valence-electron chi connectivity index (χ1n) is 5.85. The molecule has 0 bridgehead atoms. The van der Waals surface area contributed by atoms with E-state index in [9.17, 15) is 14.7 Å². The molecule has 0 atom stereocenters. The number of phenols is 1. The average Bonchev–Trinajstić information content (AvgIpc) is 2.89. The highest BCUT2D eigenvalue weighted by Crippen LogP contribution is 2.18. The van der Waals surface area contributed by atoms with Crippen LogP contribution >= 0.6 is 0 Å². The number of nitrogens with zero attached hydrogens (tertiary/aromatic N) is 3. The second kappa shape index (κ2) is 5.87. The summed E-state index contributed by atoms with van der Waals surface area (Å²) in [6.07, 6.45) is 3.16. The minimum atomic E-state index is -1.12. The number of hydrogen-bond donors (Lipinski definition) is 2.